The molecule has 0 aliphatic carbocycles. The molecule has 0 unspecified atom stereocenters. The molecular weight excluding hydrogens is 429 g/mol. The highest BCUT2D eigenvalue weighted by Gasteiger charge is 2.50. The van der Waals surface area contributed by atoms with Gasteiger partial charge in [-0.15, -0.1) is 0 Å². The van der Waals surface area contributed by atoms with Gasteiger partial charge in [0.15, 0.2) is 0 Å². The predicted octanol–water partition coefficient (Wildman–Crippen LogP) is 4.99. The number of carbonyl (C=O) groups is 1. The maximum Gasteiger partial charge on any atom is 0.261 e. The fourth-order valence-corrected chi connectivity index (χ4v) is 9.63. The number of rotatable bonds is 7. The van der Waals surface area contributed by atoms with Crippen molar-refractivity contribution in [2.24, 2.45) is 5.92 Å². The maximum atomic E-state index is 13.6. The summed E-state index contributed by atoms with van der Waals surface area (Å²) < 4.78 is 20.6. The number of carbonyl (C=O) groups excluding carboxylic acids is 1. The molecule has 0 saturated carbocycles. The number of benzene rings is 3. The van der Waals surface area contributed by atoms with Crippen LogP contribution in [0.25, 0.3) is 0 Å². The summed E-state index contributed by atoms with van der Waals surface area (Å²) in [5.41, 5.74) is 1.37. The van der Waals surface area contributed by atoms with Gasteiger partial charge in [0.25, 0.3) is 14.2 Å². The number of hydrogen-bond donors (Lipinski definition) is 0. The van der Waals surface area contributed by atoms with Crippen molar-refractivity contribution in [2.45, 2.75) is 39.3 Å². The summed E-state index contributed by atoms with van der Waals surface area (Å²) in [5.74, 6) is -0.330. The molecule has 0 bridgehead atoms. The molecule has 1 heterocycles. The second-order valence-electron chi connectivity index (χ2n) is 10.1. The van der Waals surface area contributed by atoms with Crippen molar-refractivity contribution in [1.29, 1.82) is 0 Å². The highest BCUT2D eigenvalue weighted by Crippen LogP contribution is 2.37. The largest absolute Gasteiger partial charge is 0.407 e. The first-order chi connectivity index (χ1) is 15.7. The Hall–Kier alpha value is -2.76. The van der Waals surface area contributed by atoms with Gasteiger partial charge in [-0.2, -0.15) is 0 Å². The van der Waals surface area contributed by atoms with E-state index in [0.29, 0.717) is 25.3 Å². The average Bonchev–Trinajstić information content (AvgIpc) is 3.09. The minimum Gasteiger partial charge on any atom is -0.407 e. The Morgan fingerprint density at radius 3 is 2.09 bits per heavy atom. The summed E-state index contributed by atoms with van der Waals surface area (Å²) in [5, 5.41) is 2.40. The van der Waals surface area contributed by atoms with Crippen LogP contribution in [0.3, 0.4) is 0 Å². The van der Waals surface area contributed by atoms with Crippen molar-refractivity contribution in [2.75, 3.05) is 13.2 Å². The van der Waals surface area contributed by atoms with Crippen LogP contribution in [-0.2, 0) is 11.0 Å². The number of amides is 1. The van der Waals surface area contributed by atoms with Crippen LogP contribution in [0.15, 0.2) is 78.9 Å². The molecule has 0 fully saturated rings. The SMILES string of the molecule is C[C@@H](CO[Si](c1ccccc1)(c1ccccc1)C(C)(C)C)CN1Cc2ccc(F)cc2C1=O. The molecule has 0 aromatic heterocycles. The van der Waals surface area contributed by atoms with Gasteiger partial charge in [0.1, 0.15) is 5.82 Å². The van der Waals surface area contributed by atoms with Crippen LogP contribution >= 0.6 is 0 Å². The molecule has 3 nitrogen and oxygen atoms in total. The molecule has 3 aromatic rings. The minimum atomic E-state index is -2.61. The zero-order chi connectivity index (χ0) is 23.6. The third-order valence-corrected chi connectivity index (χ3v) is 11.5. The van der Waals surface area contributed by atoms with Crippen LogP contribution in [0.4, 0.5) is 4.39 Å². The third kappa shape index (κ3) is 4.52. The number of fused-ring (bicyclic) bond motifs is 1. The highest BCUT2D eigenvalue weighted by atomic mass is 28.4. The smallest absolute Gasteiger partial charge is 0.261 e. The Bertz CT molecular complexity index is 1070. The van der Waals surface area contributed by atoms with E-state index in [1.807, 2.05) is 17.0 Å². The topological polar surface area (TPSA) is 29.5 Å². The van der Waals surface area contributed by atoms with Gasteiger partial charge in [0, 0.05) is 25.3 Å². The molecule has 172 valence electrons. The van der Waals surface area contributed by atoms with Crippen molar-refractivity contribution >= 4 is 24.6 Å². The number of nitrogens with zero attached hydrogens (tertiary/aromatic N) is 1. The molecule has 0 saturated heterocycles. The number of halogens is 1. The van der Waals surface area contributed by atoms with E-state index in [4.69, 9.17) is 4.43 Å². The van der Waals surface area contributed by atoms with E-state index in [-0.39, 0.29) is 22.7 Å². The van der Waals surface area contributed by atoms with Gasteiger partial charge in [0.05, 0.1) is 0 Å². The van der Waals surface area contributed by atoms with E-state index in [1.54, 1.807) is 6.07 Å². The monoisotopic (exact) mass is 461 g/mol. The van der Waals surface area contributed by atoms with Gasteiger partial charge >= 0.3 is 0 Å². The Balaban J connectivity index is 1.57. The van der Waals surface area contributed by atoms with Crippen molar-refractivity contribution in [3.63, 3.8) is 0 Å². The van der Waals surface area contributed by atoms with Gasteiger partial charge < -0.3 is 9.33 Å². The first-order valence-electron chi connectivity index (χ1n) is 11.5. The van der Waals surface area contributed by atoms with Crippen LogP contribution in [0, 0.1) is 11.7 Å². The lowest BCUT2D eigenvalue weighted by molar-refractivity contribution is 0.0736. The first kappa shape index (κ1) is 23.4. The molecular formula is C28H32FNO2Si. The second kappa shape index (κ2) is 9.24. The van der Waals surface area contributed by atoms with Crippen molar-refractivity contribution < 1.29 is 13.6 Å². The van der Waals surface area contributed by atoms with Gasteiger partial charge in [-0.1, -0.05) is 94.4 Å². The molecule has 1 amide bonds. The lowest BCUT2D eigenvalue weighted by Crippen LogP contribution is -2.67. The van der Waals surface area contributed by atoms with E-state index in [1.165, 1.54) is 22.5 Å². The maximum absolute atomic E-state index is 13.6. The van der Waals surface area contributed by atoms with Crippen LogP contribution in [-0.4, -0.2) is 32.3 Å². The van der Waals surface area contributed by atoms with Crippen molar-refractivity contribution in [1.82, 2.24) is 4.90 Å². The van der Waals surface area contributed by atoms with E-state index in [9.17, 15) is 9.18 Å². The molecule has 0 N–H and O–H groups in total. The van der Waals surface area contributed by atoms with Crippen LogP contribution < -0.4 is 10.4 Å². The molecule has 0 radical (unpaired) electrons. The zero-order valence-corrected chi connectivity index (χ0v) is 20.8. The lowest BCUT2D eigenvalue weighted by Gasteiger charge is -2.43. The third-order valence-electron chi connectivity index (χ3n) is 6.48. The first-order valence-corrected chi connectivity index (χ1v) is 13.5. The zero-order valence-electron chi connectivity index (χ0n) is 19.8. The fourth-order valence-electron chi connectivity index (χ4n) is 4.94. The molecule has 1 atom stereocenters. The van der Waals surface area contributed by atoms with Crippen molar-refractivity contribution in [3.05, 3.63) is 95.8 Å². The summed E-state index contributed by atoms with van der Waals surface area (Å²) in [4.78, 5) is 14.6. The van der Waals surface area contributed by atoms with Crippen molar-refractivity contribution in [3.8, 4) is 0 Å². The fraction of sp³-hybridized carbons (Fsp3) is 0.321. The van der Waals surface area contributed by atoms with E-state index >= 15 is 0 Å². The second-order valence-corrected chi connectivity index (χ2v) is 14.4. The lowest BCUT2D eigenvalue weighted by atomic mass is 10.1. The summed E-state index contributed by atoms with van der Waals surface area (Å²) in [7, 11) is -2.61. The molecule has 1 aliphatic rings. The van der Waals surface area contributed by atoms with E-state index < -0.39 is 8.32 Å². The van der Waals surface area contributed by atoms with Crippen LogP contribution in [0.1, 0.15) is 43.6 Å². The minimum absolute atomic E-state index is 0.0906. The Kier molecular flexibility index (Phi) is 6.55. The summed E-state index contributed by atoms with van der Waals surface area (Å²) >= 11 is 0. The molecule has 4 rings (SSSR count). The normalized spacial score (nSPS) is 14.9. The quantitative estimate of drug-likeness (QED) is 0.464. The Labute approximate surface area is 197 Å². The van der Waals surface area contributed by atoms with Gasteiger partial charge in [-0.25, -0.2) is 4.39 Å². The summed E-state index contributed by atoms with van der Waals surface area (Å²) in [6.45, 7) is 10.6. The predicted molar refractivity (Wildman–Crippen MR) is 134 cm³/mol. The standard InChI is InChI=1S/C28H32FNO2Si/c1-21(18-30-19-22-15-16-23(29)17-26(22)27(30)31)20-32-33(28(2,3)4,24-11-7-5-8-12-24)25-13-9-6-10-14-25/h5-17,21H,18-20H2,1-4H3/t21-/m1/s1. The summed E-state index contributed by atoms with van der Waals surface area (Å²) in [6.07, 6.45) is 0. The summed E-state index contributed by atoms with van der Waals surface area (Å²) in [6, 6.07) is 25.6. The highest BCUT2D eigenvalue weighted by molar-refractivity contribution is 6.99. The Morgan fingerprint density at radius 2 is 1.55 bits per heavy atom. The van der Waals surface area contributed by atoms with Crippen LogP contribution in [0.5, 0.6) is 0 Å². The molecule has 0 spiro atoms. The Morgan fingerprint density at radius 1 is 0.970 bits per heavy atom. The molecule has 33 heavy (non-hydrogen) atoms. The van der Waals surface area contributed by atoms with Crippen LogP contribution in [0.2, 0.25) is 5.04 Å². The molecule has 5 heteroatoms. The van der Waals surface area contributed by atoms with Gasteiger partial charge in [0.2, 0.25) is 0 Å². The number of hydrogen-bond acceptors (Lipinski definition) is 2. The van der Waals surface area contributed by atoms with Gasteiger partial charge in [-0.05, 0) is 39.0 Å². The molecule has 1 aliphatic heterocycles. The van der Waals surface area contributed by atoms with E-state index in [2.05, 4.69) is 76.2 Å². The van der Waals surface area contributed by atoms with Gasteiger partial charge in [-0.3, -0.25) is 4.79 Å². The average molecular weight is 462 g/mol. The molecule has 3 aromatic carbocycles. The van der Waals surface area contributed by atoms with E-state index in [0.717, 1.165) is 5.56 Å².